The van der Waals surface area contributed by atoms with Crippen LogP contribution in [-0.2, 0) is 14.3 Å². The molecule has 0 aliphatic carbocycles. The van der Waals surface area contributed by atoms with Crippen LogP contribution in [0.2, 0.25) is 0 Å². The molecule has 20 heavy (non-hydrogen) atoms. The van der Waals surface area contributed by atoms with Gasteiger partial charge in [0.25, 0.3) is 10.1 Å². The predicted molar refractivity (Wildman–Crippen MR) is 83.0 cm³/mol. The van der Waals surface area contributed by atoms with Crippen LogP contribution >= 0.6 is 0 Å². The van der Waals surface area contributed by atoms with Gasteiger partial charge in [-0.1, -0.05) is 57.9 Å². The minimum absolute atomic E-state index is 0.202. The van der Waals surface area contributed by atoms with Gasteiger partial charge < -0.3 is 0 Å². The Labute approximate surface area is 122 Å². The average Bonchev–Trinajstić information content (AvgIpc) is 2.47. The molecule has 0 saturated heterocycles. The molecule has 0 aromatic heterocycles. The Morgan fingerprint density at radius 3 is 2.40 bits per heavy atom. The molecule has 1 rings (SSSR count). The second kappa shape index (κ2) is 8.22. The second-order valence-electron chi connectivity index (χ2n) is 4.93. The van der Waals surface area contributed by atoms with E-state index in [9.17, 15) is 8.42 Å². The monoisotopic (exact) mass is 296 g/mol. The normalized spacial score (nSPS) is 13.1. The molecule has 0 N–H and O–H groups in total. The van der Waals surface area contributed by atoms with Crippen LogP contribution in [0.1, 0.15) is 45.1 Å². The first-order chi connectivity index (χ1) is 9.53. The zero-order valence-electron chi connectivity index (χ0n) is 12.3. The second-order valence-corrected chi connectivity index (χ2v) is 6.54. The third-order valence-electron chi connectivity index (χ3n) is 3.41. The lowest BCUT2D eigenvalue weighted by Crippen LogP contribution is -2.14. The van der Waals surface area contributed by atoms with E-state index < -0.39 is 10.1 Å². The first-order valence-electron chi connectivity index (χ1n) is 7.15. The molecule has 0 radical (unpaired) electrons. The molecule has 3 nitrogen and oxygen atoms in total. The highest BCUT2D eigenvalue weighted by Crippen LogP contribution is 2.18. The van der Waals surface area contributed by atoms with Crippen LogP contribution in [0, 0.1) is 5.92 Å². The van der Waals surface area contributed by atoms with Gasteiger partial charge in [0.15, 0.2) is 0 Å². The summed E-state index contributed by atoms with van der Waals surface area (Å²) in [7, 11) is -3.65. The molecule has 0 amide bonds. The van der Waals surface area contributed by atoms with E-state index in [0.29, 0.717) is 5.92 Å². The Balaban J connectivity index is 2.66. The molecule has 0 spiro atoms. The Hall–Kier alpha value is -1.13. The van der Waals surface area contributed by atoms with Crippen molar-refractivity contribution in [3.63, 3.8) is 0 Å². The van der Waals surface area contributed by atoms with Crippen molar-refractivity contribution in [2.75, 3.05) is 6.61 Å². The van der Waals surface area contributed by atoms with Gasteiger partial charge in [0.05, 0.1) is 11.5 Å². The molecular weight excluding hydrogens is 272 g/mol. The van der Waals surface area contributed by atoms with E-state index in [4.69, 9.17) is 4.18 Å². The Morgan fingerprint density at radius 1 is 1.25 bits per heavy atom. The van der Waals surface area contributed by atoms with E-state index >= 15 is 0 Å². The molecule has 0 aliphatic rings. The maximum atomic E-state index is 12.1. The summed E-state index contributed by atoms with van der Waals surface area (Å²) in [6.45, 7) is 8.10. The summed E-state index contributed by atoms with van der Waals surface area (Å²) in [6.07, 6.45) is 5.85. The summed E-state index contributed by atoms with van der Waals surface area (Å²) in [5.74, 6) is 0.303. The Morgan fingerprint density at radius 2 is 1.90 bits per heavy atom. The van der Waals surface area contributed by atoms with E-state index in [1.807, 2.05) is 0 Å². The van der Waals surface area contributed by atoms with Gasteiger partial charge in [0.2, 0.25) is 0 Å². The maximum Gasteiger partial charge on any atom is 0.296 e. The highest BCUT2D eigenvalue weighted by atomic mass is 32.2. The smallest absolute Gasteiger partial charge is 0.266 e. The van der Waals surface area contributed by atoms with Crippen molar-refractivity contribution in [3.8, 4) is 0 Å². The van der Waals surface area contributed by atoms with Crippen molar-refractivity contribution in [1.29, 1.82) is 0 Å². The molecule has 0 saturated carbocycles. The number of benzene rings is 1. The number of unbranched alkanes of at least 4 members (excludes halogenated alkanes) is 1. The lowest BCUT2D eigenvalue weighted by molar-refractivity contribution is 0.238. The predicted octanol–water partition coefficient (Wildman–Crippen LogP) is 4.25. The zero-order valence-corrected chi connectivity index (χ0v) is 13.2. The van der Waals surface area contributed by atoms with Gasteiger partial charge >= 0.3 is 0 Å². The standard InChI is InChI=1S/C16H24O3S/c1-4-7-8-15(6-3)13-19-20(17,18)16-11-9-14(5-2)10-12-16/h5,9-12,15H,2,4,6-8,13H2,1,3H3. The molecule has 0 aliphatic heterocycles. The van der Waals surface area contributed by atoms with Crippen molar-refractivity contribution >= 4 is 16.2 Å². The minimum Gasteiger partial charge on any atom is -0.266 e. The van der Waals surface area contributed by atoms with Gasteiger partial charge in [0.1, 0.15) is 0 Å². The van der Waals surface area contributed by atoms with Crippen LogP contribution in [0.15, 0.2) is 35.7 Å². The molecule has 1 aromatic rings. The van der Waals surface area contributed by atoms with Crippen LogP contribution in [0.4, 0.5) is 0 Å². The molecule has 0 fully saturated rings. The highest BCUT2D eigenvalue weighted by Gasteiger charge is 2.17. The van der Waals surface area contributed by atoms with E-state index in [-0.39, 0.29) is 11.5 Å². The quantitative estimate of drug-likeness (QED) is 0.640. The largest absolute Gasteiger partial charge is 0.296 e. The SMILES string of the molecule is C=Cc1ccc(S(=O)(=O)OCC(CC)CCCC)cc1. The van der Waals surface area contributed by atoms with Gasteiger partial charge in [-0.15, -0.1) is 0 Å². The summed E-state index contributed by atoms with van der Waals surface area (Å²) >= 11 is 0. The van der Waals surface area contributed by atoms with Crippen molar-refractivity contribution < 1.29 is 12.6 Å². The van der Waals surface area contributed by atoms with Crippen LogP contribution < -0.4 is 0 Å². The summed E-state index contributed by atoms with van der Waals surface area (Å²) in [6, 6.07) is 6.55. The molecule has 0 heterocycles. The van der Waals surface area contributed by atoms with Crippen LogP contribution in [-0.4, -0.2) is 15.0 Å². The van der Waals surface area contributed by atoms with Crippen molar-refractivity contribution in [3.05, 3.63) is 36.4 Å². The average molecular weight is 296 g/mol. The van der Waals surface area contributed by atoms with E-state index in [1.54, 1.807) is 30.3 Å². The lowest BCUT2D eigenvalue weighted by atomic mass is 10.0. The molecular formula is C16H24O3S. The van der Waals surface area contributed by atoms with Gasteiger partial charge in [0, 0.05) is 0 Å². The van der Waals surface area contributed by atoms with Gasteiger partial charge in [-0.25, -0.2) is 0 Å². The highest BCUT2D eigenvalue weighted by molar-refractivity contribution is 7.86. The fourth-order valence-corrected chi connectivity index (χ4v) is 2.90. The van der Waals surface area contributed by atoms with E-state index in [1.165, 1.54) is 0 Å². The van der Waals surface area contributed by atoms with Crippen LogP contribution in [0.3, 0.4) is 0 Å². The molecule has 1 unspecified atom stereocenters. The van der Waals surface area contributed by atoms with E-state index in [0.717, 1.165) is 31.2 Å². The molecule has 112 valence electrons. The Kier molecular flexibility index (Phi) is 6.96. The molecule has 1 atom stereocenters. The van der Waals surface area contributed by atoms with Gasteiger partial charge in [-0.05, 0) is 30.0 Å². The number of hydrogen-bond donors (Lipinski definition) is 0. The third kappa shape index (κ3) is 5.10. The topological polar surface area (TPSA) is 43.4 Å². The lowest BCUT2D eigenvalue weighted by Gasteiger charge is -2.14. The molecule has 0 bridgehead atoms. The molecule has 1 aromatic carbocycles. The Bertz CT molecular complexity index is 503. The van der Waals surface area contributed by atoms with Crippen molar-refractivity contribution in [2.24, 2.45) is 5.92 Å². The third-order valence-corrected chi connectivity index (χ3v) is 4.70. The summed E-state index contributed by atoms with van der Waals surface area (Å²) < 4.78 is 29.3. The van der Waals surface area contributed by atoms with Crippen molar-refractivity contribution in [1.82, 2.24) is 0 Å². The zero-order chi connectivity index (χ0) is 15.0. The minimum atomic E-state index is -3.65. The van der Waals surface area contributed by atoms with Gasteiger partial charge in [-0.2, -0.15) is 8.42 Å². The maximum absolute atomic E-state index is 12.1. The first-order valence-corrected chi connectivity index (χ1v) is 8.56. The van der Waals surface area contributed by atoms with Crippen LogP contribution in [0.25, 0.3) is 6.08 Å². The molecule has 4 heteroatoms. The summed E-state index contributed by atoms with van der Waals surface area (Å²) in [5, 5.41) is 0. The van der Waals surface area contributed by atoms with E-state index in [2.05, 4.69) is 20.4 Å². The number of hydrogen-bond acceptors (Lipinski definition) is 3. The van der Waals surface area contributed by atoms with Gasteiger partial charge in [-0.3, -0.25) is 4.18 Å². The summed E-state index contributed by atoms with van der Waals surface area (Å²) in [5.41, 5.74) is 0.887. The summed E-state index contributed by atoms with van der Waals surface area (Å²) in [4.78, 5) is 0.202. The fraction of sp³-hybridized carbons (Fsp3) is 0.500. The number of rotatable bonds is 9. The first kappa shape index (κ1) is 16.9. The van der Waals surface area contributed by atoms with Crippen LogP contribution in [0.5, 0.6) is 0 Å². The van der Waals surface area contributed by atoms with Crippen molar-refractivity contribution in [2.45, 2.75) is 44.4 Å². The fourth-order valence-electron chi connectivity index (χ4n) is 1.92.